The molecule has 3 nitrogen and oxygen atoms in total. The Morgan fingerprint density at radius 3 is 2.78 bits per heavy atom. The first-order chi connectivity index (χ1) is 8.47. The van der Waals surface area contributed by atoms with Crippen LogP contribution in [0.5, 0.6) is 0 Å². The molecule has 0 spiro atoms. The molecule has 0 aliphatic carbocycles. The Kier molecular flexibility index (Phi) is 3.88. The van der Waals surface area contributed by atoms with Gasteiger partial charge in [0.25, 0.3) is 0 Å². The van der Waals surface area contributed by atoms with Crippen molar-refractivity contribution in [1.29, 1.82) is 0 Å². The van der Waals surface area contributed by atoms with E-state index in [2.05, 4.69) is 46.6 Å². The van der Waals surface area contributed by atoms with Gasteiger partial charge in [-0.1, -0.05) is 19.9 Å². The summed E-state index contributed by atoms with van der Waals surface area (Å²) in [5.74, 6) is 0.775. The monoisotopic (exact) mass is 281 g/mol. The molecule has 0 atom stereocenters. The van der Waals surface area contributed by atoms with Gasteiger partial charge in [-0.3, -0.25) is 0 Å². The lowest BCUT2D eigenvalue weighted by molar-refractivity contribution is 0.568. The molecule has 0 bridgehead atoms. The summed E-state index contributed by atoms with van der Waals surface area (Å²) in [7, 11) is 0. The van der Waals surface area contributed by atoms with Crippen LogP contribution in [0.1, 0.15) is 24.4 Å². The van der Waals surface area contributed by atoms with Crippen molar-refractivity contribution in [2.45, 2.75) is 26.2 Å². The Hall–Kier alpha value is -1.13. The van der Waals surface area contributed by atoms with E-state index < -0.39 is 0 Å². The lowest BCUT2D eigenvalue weighted by atomic mass is 9.91. The van der Waals surface area contributed by atoms with Crippen LogP contribution in [0.3, 0.4) is 0 Å². The second-order valence-corrected chi connectivity index (χ2v) is 6.16. The molecule has 2 rings (SSSR count). The maximum Gasteiger partial charge on any atom is 0.224 e. The molecule has 18 heavy (non-hydrogen) atoms. The van der Waals surface area contributed by atoms with E-state index in [0.717, 1.165) is 18.1 Å². The molecule has 0 saturated carbocycles. The summed E-state index contributed by atoms with van der Waals surface area (Å²) in [5.41, 5.74) is 0.936. The molecule has 0 fully saturated rings. The lowest BCUT2D eigenvalue weighted by Gasteiger charge is -2.24. The zero-order valence-corrected chi connectivity index (χ0v) is 12.3. The van der Waals surface area contributed by atoms with Crippen molar-refractivity contribution in [3.8, 4) is 0 Å². The predicted octanol–water partition coefficient (Wildman–Crippen LogP) is 3.89. The smallest absolute Gasteiger partial charge is 0.224 e. The van der Waals surface area contributed by atoms with E-state index in [1.54, 1.807) is 11.3 Å². The van der Waals surface area contributed by atoms with Gasteiger partial charge in [-0.2, -0.15) is 0 Å². The van der Waals surface area contributed by atoms with Gasteiger partial charge < -0.3 is 5.32 Å². The van der Waals surface area contributed by atoms with Crippen LogP contribution in [0.15, 0.2) is 23.6 Å². The molecule has 0 aliphatic heterocycles. The summed E-state index contributed by atoms with van der Waals surface area (Å²) in [6.07, 6.45) is 0. The molecule has 2 aromatic rings. The minimum Gasteiger partial charge on any atom is -0.369 e. The SMILES string of the molecule is Cc1cc(NCC(C)(C)c2cccs2)nc(Cl)n1. The third-order valence-electron chi connectivity index (χ3n) is 2.73. The van der Waals surface area contributed by atoms with Crippen molar-refractivity contribution >= 4 is 28.8 Å². The lowest BCUT2D eigenvalue weighted by Crippen LogP contribution is -2.27. The van der Waals surface area contributed by atoms with Crippen LogP contribution < -0.4 is 5.32 Å². The fourth-order valence-electron chi connectivity index (χ4n) is 1.69. The summed E-state index contributed by atoms with van der Waals surface area (Å²) < 4.78 is 0. The Morgan fingerprint density at radius 1 is 1.39 bits per heavy atom. The van der Waals surface area contributed by atoms with E-state index in [-0.39, 0.29) is 10.7 Å². The fourth-order valence-corrected chi connectivity index (χ4v) is 2.76. The van der Waals surface area contributed by atoms with Gasteiger partial charge in [0.2, 0.25) is 5.28 Å². The molecular weight excluding hydrogens is 266 g/mol. The van der Waals surface area contributed by atoms with Crippen LogP contribution in [-0.2, 0) is 5.41 Å². The third-order valence-corrected chi connectivity index (χ3v) is 4.13. The van der Waals surface area contributed by atoms with Crippen LogP contribution in [0.2, 0.25) is 5.28 Å². The van der Waals surface area contributed by atoms with E-state index in [9.17, 15) is 0 Å². The standard InChI is InChI=1S/C13H16ClN3S/c1-9-7-11(17-12(14)16-9)15-8-13(2,3)10-5-4-6-18-10/h4-7H,8H2,1-3H3,(H,15,16,17). The van der Waals surface area contributed by atoms with Gasteiger partial charge in [-0.25, -0.2) is 9.97 Å². The van der Waals surface area contributed by atoms with Crippen LogP contribution in [-0.4, -0.2) is 16.5 Å². The number of nitrogens with zero attached hydrogens (tertiary/aromatic N) is 2. The summed E-state index contributed by atoms with van der Waals surface area (Å²) >= 11 is 7.61. The molecule has 2 heterocycles. The van der Waals surface area contributed by atoms with Gasteiger partial charge >= 0.3 is 0 Å². The summed E-state index contributed by atoms with van der Waals surface area (Å²) in [4.78, 5) is 9.56. The van der Waals surface area contributed by atoms with E-state index in [4.69, 9.17) is 11.6 Å². The molecule has 5 heteroatoms. The first kappa shape index (κ1) is 13.3. The molecular formula is C13H16ClN3S. The van der Waals surface area contributed by atoms with Crippen LogP contribution in [0, 0.1) is 6.92 Å². The molecule has 1 N–H and O–H groups in total. The summed E-state index contributed by atoms with van der Waals surface area (Å²) in [6.45, 7) is 7.13. The van der Waals surface area contributed by atoms with Crippen molar-refractivity contribution in [2.75, 3.05) is 11.9 Å². The number of hydrogen-bond donors (Lipinski definition) is 1. The highest BCUT2D eigenvalue weighted by atomic mass is 35.5. The second-order valence-electron chi connectivity index (χ2n) is 4.88. The molecule has 96 valence electrons. The number of aryl methyl sites for hydroxylation is 1. The summed E-state index contributed by atoms with van der Waals surface area (Å²) in [6, 6.07) is 6.13. The third kappa shape index (κ3) is 3.21. The largest absolute Gasteiger partial charge is 0.369 e. The Labute approximate surface area is 116 Å². The number of nitrogens with one attached hydrogen (secondary N) is 1. The maximum absolute atomic E-state index is 5.84. The second kappa shape index (κ2) is 5.24. The molecule has 2 aromatic heterocycles. The Balaban J connectivity index is 2.07. The quantitative estimate of drug-likeness (QED) is 0.864. The van der Waals surface area contributed by atoms with Crippen molar-refractivity contribution in [3.05, 3.63) is 39.4 Å². The van der Waals surface area contributed by atoms with Gasteiger partial charge in [0, 0.05) is 28.6 Å². The number of rotatable bonds is 4. The molecule has 0 radical (unpaired) electrons. The maximum atomic E-state index is 5.84. The van der Waals surface area contributed by atoms with Gasteiger partial charge in [0.15, 0.2) is 0 Å². The van der Waals surface area contributed by atoms with Crippen LogP contribution >= 0.6 is 22.9 Å². The van der Waals surface area contributed by atoms with E-state index >= 15 is 0 Å². The van der Waals surface area contributed by atoms with Gasteiger partial charge in [-0.05, 0) is 30.0 Å². The van der Waals surface area contributed by atoms with Gasteiger partial charge in [-0.15, -0.1) is 11.3 Å². The minimum absolute atomic E-state index is 0.0689. The van der Waals surface area contributed by atoms with Crippen molar-refractivity contribution < 1.29 is 0 Å². The molecule has 0 saturated heterocycles. The number of anilines is 1. The Morgan fingerprint density at radius 2 is 2.17 bits per heavy atom. The van der Waals surface area contributed by atoms with E-state index in [0.29, 0.717) is 0 Å². The zero-order chi connectivity index (χ0) is 13.2. The molecule has 0 unspecified atom stereocenters. The predicted molar refractivity (Wildman–Crippen MR) is 77.6 cm³/mol. The minimum atomic E-state index is 0.0689. The van der Waals surface area contributed by atoms with Gasteiger partial charge in [0.1, 0.15) is 5.82 Å². The van der Waals surface area contributed by atoms with E-state index in [1.165, 1.54) is 4.88 Å². The highest BCUT2D eigenvalue weighted by Gasteiger charge is 2.21. The first-order valence-electron chi connectivity index (χ1n) is 5.76. The molecule has 0 amide bonds. The number of aromatic nitrogens is 2. The topological polar surface area (TPSA) is 37.8 Å². The average molecular weight is 282 g/mol. The Bertz CT molecular complexity index is 503. The van der Waals surface area contributed by atoms with Crippen LogP contribution in [0.4, 0.5) is 5.82 Å². The average Bonchev–Trinajstić information content (AvgIpc) is 2.79. The van der Waals surface area contributed by atoms with Gasteiger partial charge in [0.05, 0.1) is 0 Å². The van der Waals surface area contributed by atoms with Crippen molar-refractivity contribution in [3.63, 3.8) is 0 Å². The number of thiophene rings is 1. The van der Waals surface area contributed by atoms with E-state index in [1.807, 2.05) is 13.0 Å². The highest BCUT2D eigenvalue weighted by Crippen LogP contribution is 2.27. The number of hydrogen-bond acceptors (Lipinski definition) is 4. The zero-order valence-electron chi connectivity index (χ0n) is 10.7. The summed E-state index contributed by atoms with van der Waals surface area (Å²) in [5, 5.41) is 5.71. The van der Waals surface area contributed by atoms with Crippen molar-refractivity contribution in [1.82, 2.24) is 9.97 Å². The highest BCUT2D eigenvalue weighted by molar-refractivity contribution is 7.10. The first-order valence-corrected chi connectivity index (χ1v) is 7.02. The molecule has 0 aliphatic rings. The van der Waals surface area contributed by atoms with Crippen molar-refractivity contribution in [2.24, 2.45) is 0 Å². The number of halogens is 1. The fraction of sp³-hybridized carbons (Fsp3) is 0.385. The normalized spacial score (nSPS) is 11.6. The van der Waals surface area contributed by atoms with Crippen LogP contribution in [0.25, 0.3) is 0 Å². The molecule has 0 aromatic carbocycles.